The van der Waals surface area contributed by atoms with Gasteiger partial charge in [0.2, 0.25) is 5.91 Å². The Balaban J connectivity index is 2.17. The van der Waals surface area contributed by atoms with E-state index in [2.05, 4.69) is 30.2 Å². The van der Waals surface area contributed by atoms with E-state index in [1.54, 1.807) is 24.8 Å². The number of thiazole rings is 1. The second-order valence-electron chi connectivity index (χ2n) is 6.04. The van der Waals surface area contributed by atoms with Crippen molar-refractivity contribution in [3.63, 3.8) is 0 Å². The summed E-state index contributed by atoms with van der Waals surface area (Å²) < 4.78 is 5.18. The van der Waals surface area contributed by atoms with E-state index in [4.69, 9.17) is 4.74 Å². The van der Waals surface area contributed by atoms with Crippen molar-refractivity contribution >= 4 is 35.0 Å². The topological polar surface area (TPSA) is 92.1 Å². The summed E-state index contributed by atoms with van der Waals surface area (Å²) in [6.07, 6.45) is 0. The van der Waals surface area contributed by atoms with Crippen LogP contribution in [0.15, 0.2) is 23.1 Å². The summed E-state index contributed by atoms with van der Waals surface area (Å²) in [7, 11) is 0. The molecule has 8 heteroatoms. The molecule has 142 valence electrons. The lowest BCUT2D eigenvalue weighted by Crippen LogP contribution is -2.25. The highest BCUT2D eigenvalue weighted by molar-refractivity contribution is 8.00. The SMILES string of the molecule is CC(=O)NCCOC(=O)c1sc(-c2ccc(SC(C)C)c(C#N)c2)nc1C. The molecule has 2 aromatic rings. The molecule has 2 rings (SSSR count). The number of hydrogen-bond acceptors (Lipinski definition) is 7. The van der Waals surface area contributed by atoms with Crippen LogP contribution < -0.4 is 5.32 Å². The number of carbonyl (C=O) groups is 2. The zero-order chi connectivity index (χ0) is 20.0. The van der Waals surface area contributed by atoms with Crippen molar-refractivity contribution in [2.45, 2.75) is 37.8 Å². The van der Waals surface area contributed by atoms with Gasteiger partial charge in [0.1, 0.15) is 22.6 Å². The number of rotatable bonds is 7. The van der Waals surface area contributed by atoms with Gasteiger partial charge in [0, 0.05) is 22.6 Å². The first-order valence-corrected chi connectivity index (χ1v) is 10.1. The average Bonchev–Trinajstić information content (AvgIpc) is 3.00. The third-order valence-corrected chi connectivity index (χ3v) is 5.67. The molecule has 1 N–H and O–H groups in total. The number of ether oxygens (including phenoxy) is 1. The number of hydrogen-bond donors (Lipinski definition) is 1. The van der Waals surface area contributed by atoms with E-state index in [0.29, 0.717) is 26.4 Å². The fourth-order valence-corrected chi connectivity index (χ4v) is 4.10. The van der Waals surface area contributed by atoms with E-state index in [-0.39, 0.29) is 19.1 Å². The Labute approximate surface area is 167 Å². The first kappa shape index (κ1) is 20.9. The van der Waals surface area contributed by atoms with Crippen molar-refractivity contribution in [2.75, 3.05) is 13.2 Å². The molecule has 1 heterocycles. The molecule has 0 fully saturated rings. The largest absolute Gasteiger partial charge is 0.460 e. The predicted octanol–water partition coefficient (Wildman–Crippen LogP) is 3.78. The predicted molar refractivity (Wildman–Crippen MR) is 107 cm³/mol. The number of aryl methyl sites for hydroxylation is 1. The molecular weight excluding hydrogens is 382 g/mol. The van der Waals surface area contributed by atoms with Crippen LogP contribution in [0.25, 0.3) is 10.6 Å². The Morgan fingerprint density at radius 2 is 2.15 bits per heavy atom. The van der Waals surface area contributed by atoms with Gasteiger partial charge in [-0.2, -0.15) is 5.26 Å². The third kappa shape index (κ3) is 5.81. The van der Waals surface area contributed by atoms with Crippen LogP contribution in [0.4, 0.5) is 0 Å². The van der Waals surface area contributed by atoms with Crippen LogP contribution in [-0.4, -0.2) is 35.3 Å². The van der Waals surface area contributed by atoms with Gasteiger partial charge in [-0.25, -0.2) is 9.78 Å². The number of nitrogens with one attached hydrogen (secondary N) is 1. The van der Waals surface area contributed by atoms with Crippen LogP contribution >= 0.6 is 23.1 Å². The van der Waals surface area contributed by atoms with E-state index in [0.717, 1.165) is 10.5 Å². The van der Waals surface area contributed by atoms with Gasteiger partial charge in [-0.05, 0) is 19.1 Å². The van der Waals surface area contributed by atoms with Gasteiger partial charge in [-0.15, -0.1) is 23.1 Å². The van der Waals surface area contributed by atoms with Crippen LogP contribution in [0.3, 0.4) is 0 Å². The van der Waals surface area contributed by atoms with Crippen LogP contribution in [0.5, 0.6) is 0 Å². The molecule has 0 saturated heterocycles. The van der Waals surface area contributed by atoms with Crippen LogP contribution in [0, 0.1) is 18.3 Å². The maximum atomic E-state index is 12.2. The van der Waals surface area contributed by atoms with Gasteiger partial charge in [0.25, 0.3) is 0 Å². The maximum Gasteiger partial charge on any atom is 0.350 e. The normalized spacial score (nSPS) is 10.5. The number of carbonyl (C=O) groups excluding carboxylic acids is 2. The second-order valence-corrected chi connectivity index (χ2v) is 8.66. The Hall–Kier alpha value is -2.37. The molecule has 1 aromatic heterocycles. The van der Waals surface area contributed by atoms with Gasteiger partial charge in [0.05, 0.1) is 17.8 Å². The number of thioether (sulfide) groups is 1. The molecule has 0 atom stereocenters. The third-order valence-electron chi connectivity index (χ3n) is 3.40. The van der Waals surface area contributed by atoms with Gasteiger partial charge in [0.15, 0.2) is 0 Å². The summed E-state index contributed by atoms with van der Waals surface area (Å²) in [5, 5.41) is 13.0. The summed E-state index contributed by atoms with van der Waals surface area (Å²) >= 11 is 2.87. The molecule has 0 bridgehead atoms. The number of amides is 1. The van der Waals surface area contributed by atoms with E-state index in [1.165, 1.54) is 18.3 Å². The summed E-state index contributed by atoms with van der Waals surface area (Å²) in [6, 6.07) is 7.86. The number of esters is 1. The first-order valence-electron chi connectivity index (χ1n) is 8.42. The number of benzene rings is 1. The summed E-state index contributed by atoms with van der Waals surface area (Å²) in [6.45, 7) is 7.68. The minimum Gasteiger partial charge on any atom is -0.460 e. The molecule has 6 nitrogen and oxygen atoms in total. The molecule has 1 aromatic carbocycles. The van der Waals surface area contributed by atoms with E-state index < -0.39 is 5.97 Å². The monoisotopic (exact) mass is 403 g/mol. The Kier molecular flexibility index (Phi) is 7.39. The van der Waals surface area contributed by atoms with Crippen molar-refractivity contribution in [3.05, 3.63) is 34.3 Å². The summed E-state index contributed by atoms with van der Waals surface area (Å²) in [4.78, 5) is 28.9. The van der Waals surface area contributed by atoms with Gasteiger partial charge >= 0.3 is 5.97 Å². The fourth-order valence-electron chi connectivity index (χ4n) is 2.25. The van der Waals surface area contributed by atoms with Gasteiger partial charge in [-0.3, -0.25) is 4.79 Å². The number of nitriles is 1. The highest BCUT2D eigenvalue weighted by Gasteiger charge is 2.18. The Bertz CT molecular complexity index is 885. The molecule has 0 radical (unpaired) electrons. The molecule has 27 heavy (non-hydrogen) atoms. The van der Waals surface area contributed by atoms with E-state index in [1.807, 2.05) is 12.1 Å². The van der Waals surface area contributed by atoms with Crippen LogP contribution in [0.2, 0.25) is 0 Å². The van der Waals surface area contributed by atoms with Gasteiger partial charge < -0.3 is 10.1 Å². The smallest absolute Gasteiger partial charge is 0.350 e. The lowest BCUT2D eigenvalue weighted by atomic mass is 10.1. The summed E-state index contributed by atoms with van der Waals surface area (Å²) in [5.74, 6) is -0.635. The highest BCUT2D eigenvalue weighted by Crippen LogP contribution is 2.33. The molecule has 0 aliphatic heterocycles. The standard InChI is InChI=1S/C19H21N3O3S2/c1-11(2)26-16-6-5-14(9-15(16)10-20)18-22-12(3)17(27-18)19(24)25-8-7-21-13(4)23/h5-6,9,11H,7-8H2,1-4H3,(H,21,23). The van der Waals surface area contributed by atoms with Gasteiger partial charge in [-0.1, -0.05) is 19.9 Å². The maximum absolute atomic E-state index is 12.2. The van der Waals surface area contributed by atoms with Crippen molar-refractivity contribution < 1.29 is 14.3 Å². The average molecular weight is 404 g/mol. The van der Waals surface area contributed by atoms with Crippen LogP contribution in [-0.2, 0) is 9.53 Å². The number of nitrogens with zero attached hydrogens (tertiary/aromatic N) is 2. The molecule has 0 aliphatic rings. The van der Waals surface area contributed by atoms with Crippen molar-refractivity contribution in [1.29, 1.82) is 5.26 Å². The van der Waals surface area contributed by atoms with Crippen molar-refractivity contribution in [2.24, 2.45) is 0 Å². The zero-order valence-electron chi connectivity index (χ0n) is 15.7. The Morgan fingerprint density at radius 3 is 2.78 bits per heavy atom. The van der Waals surface area contributed by atoms with Crippen LogP contribution in [0.1, 0.15) is 41.7 Å². The molecule has 0 unspecified atom stereocenters. The quantitative estimate of drug-likeness (QED) is 0.430. The minimum absolute atomic E-state index is 0.102. The molecule has 1 amide bonds. The Morgan fingerprint density at radius 1 is 1.41 bits per heavy atom. The first-order chi connectivity index (χ1) is 12.8. The number of aromatic nitrogens is 1. The molecular formula is C19H21N3O3S2. The lowest BCUT2D eigenvalue weighted by molar-refractivity contribution is -0.119. The van der Waals surface area contributed by atoms with Crippen molar-refractivity contribution in [1.82, 2.24) is 10.3 Å². The zero-order valence-corrected chi connectivity index (χ0v) is 17.3. The molecule has 0 aliphatic carbocycles. The highest BCUT2D eigenvalue weighted by atomic mass is 32.2. The summed E-state index contributed by atoms with van der Waals surface area (Å²) in [5.41, 5.74) is 1.97. The van der Waals surface area contributed by atoms with E-state index >= 15 is 0 Å². The molecule has 0 saturated carbocycles. The second kappa shape index (κ2) is 9.53. The molecule has 0 spiro atoms. The lowest BCUT2D eigenvalue weighted by Gasteiger charge is -2.07. The minimum atomic E-state index is -0.464. The van der Waals surface area contributed by atoms with Crippen molar-refractivity contribution in [3.8, 4) is 16.6 Å². The van der Waals surface area contributed by atoms with E-state index in [9.17, 15) is 14.9 Å². The fraction of sp³-hybridized carbons (Fsp3) is 0.368.